The first-order valence-corrected chi connectivity index (χ1v) is 9.24. The Kier molecular flexibility index (Phi) is 4.54. The molecule has 140 valence electrons. The number of hydrogen-bond acceptors (Lipinski definition) is 3. The van der Waals surface area contributed by atoms with Crippen LogP contribution in [0.3, 0.4) is 0 Å². The number of nitrogens with two attached hydrogens (primary N) is 1. The third-order valence-electron chi connectivity index (χ3n) is 4.87. The van der Waals surface area contributed by atoms with E-state index in [1.54, 1.807) is 35.0 Å². The van der Waals surface area contributed by atoms with Crippen LogP contribution in [0.25, 0.3) is 16.1 Å². The standard InChI is InChI=1S/C21H18ClN5O/c1-13-11-26(12-14-3-6-16(24-2)7-4-14)21(28)20-10-19(25-27(13)20)17-8-5-15(22)9-18(17)23/h3-10,13H,11-12,23H2,1H3/t13-/m0/s1. The van der Waals surface area contributed by atoms with Gasteiger partial charge >= 0.3 is 0 Å². The third-order valence-corrected chi connectivity index (χ3v) is 5.11. The molecule has 1 aliphatic rings. The molecular formula is C21H18ClN5O. The molecule has 2 N–H and O–H groups in total. The molecule has 0 unspecified atom stereocenters. The second kappa shape index (κ2) is 7.02. The smallest absolute Gasteiger partial charge is 0.272 e. The molecule has 0 radical (unpaired) electrons. The van der Waals surface area contributed by atoms with Gasteiger partial charge in [0.15, 0.2) is 5.69 Å². The fourth-order valence-electron chi connectivity index (χ4n) is 3.46. The van der Waals surface area contributed by atoms with Gasteiger partial charge in [-0.2, -0.15) is 5.10 Å². The Morgan fingerprint density at radius 2 is 2.00 bits per heavy atom. The molecule has 1 aromatic heterocycles. The number of nitrogen functional groups attached to an aromatic ring is 1. The van der Waals surface area contributed by atoms with Gasteiger partial charge < -0.3 is 10.6 Å². The molecule has 0 saturated carbocycles. The van der Waals surface area contributed by atoms with Crippen molar-refractivity contribution in [2.24, 2.45) is 0 Å². The number of rotatable bonds is 3. The molecule has 6 nitrogen and oxygen atoms in total. The van der Waals surface area contributed by atoms with E-state index in [-0.39, 0.29) is 11.9 Å². The van der Waals surface area contributed by atoms with Crippen LogP contribution in [0.5, 0.6) is 0 Å². The summed E-state index contributed by atoms with van der Waals surface area (Å²) in [5.74, 6) is -0.0707. The van der Waals surface area contributed by atoms with Crippen LogP contribution in [0.1, 0.15) is 29.0 Å². The minimum Gasteiger partial charge on any atom is -0.398 e. The molecule has 1 atom stereocenters. The van der Waals surface area contributed by atoms with Crippen LogP contribution in [0.4, 0.5) is 11.4 Å². The number of carbonyl (C=O) groups excluding carboxylic acids is 1. The van der Waals surface area contributed by atoms with E-state index in [2.05, 4.69) is 9.94 Å². The molecule has 0 spiro atoms. The summed E-state index contributed by atoms with van der Waals surface area (Å²) >= 11 is 5.98. The molecule has 1 amide bonds. The summed E-state index contributed by atoms with van der Waals surface area (Å²) in [6.07, 6.45) is 0. The van der Waals surface area contributed by atoms with Gasteiger partial charge in [-0.3, -0.25) is 9.48 Å². The molecule has 0 bridgehead atoms. The zero-order valence-corrected chi connectivity index (χ0v) is 16.0. The maximum absolute atomic E-state index is 13.0. The van der Waals surface area contributed by atoms with Crippen molar-refractivity contribution in [2.75, 3.05) is 12.3 Å². The highest BCUT2D eigenvalue weighted by atomic mass is 35.5. The number of amides is 1. The quantitative estimate of drug-likeness (QED) is 0.526. The first kappa shape index (κ1) is 18.1. The zero-order valence-electron chi connectivity index (χ0n) is 15.3. The topological polar surface area (TPSA) is 68.5 Å². The van der Waals surface area contributed by atoms with Crippen LogP contribution in [-0.4, -0.2) is 27.1 Å². The van der Waals surface area contributed by atoms with E-state index in [1.807, 2.05) is 30.0 Å². The third kappa shape index (κ3) is 3.21. The van der Waals surface area contributed by atoms with Crippen molar-refractivity contribution in [1.82, 2.24) is 14.7 Å². The average molecular weight is 392 g/mol. The summed E-state index contributed by atoms with van der Waals surface area (Å²) in [7, 11) is 0. The van der Waals surface area contributed by atoms with Gasteiger partial charge in [-0.05, 0) is 36.8 Å². The maximum Gasteiger partial charge on any atom is 0.272 e. The highest BCUT2D eigenvalue weighted by Gasteiger charge is 2.31. The minimum atomic E-state index is -0.0707. The van der Waals surface area contributed by atoms with Crippen molar-refractivity contribution in [2.45, 2.75) is 19.5 Å². The lowest BCUT2D eigenvalue weighted by Crippen LogP contribution is -2.41. The number of hydrogen-bond donors (Lipinski definition) is 1. The molecule has 4 rings (SSSR count). The fourth-order valence-corrected chi connectivity index (χ4v) is 3.64. The highest BCUT2D eigenvalue weighted by molar-refractivity contribution is 6.31. The predicted molar refractivity (Wildman–Crippen MR) is 109 cm³/mol. The summed E-state index contributed by atoms with van der Waals surface area (Å²) in [4.78, 5) is 18.2. The van der Waals surface area contributed by atoms with E-state index in [0.717, 1.165) is 11.1 Å². The Bertz CT molecular complexity index is 1100. The van der Waals surface area contributed by atoms with Crippen molar-refractivity contribution in [3.05, 3.63) is 76.2 Å². The predicted octanol–water partition coefficient (Wildman–Crippen LogP) is 4.55. The highest BCUT2D eigenvalue weighted by Crippen LogP contribution is 2.31. The van der Waals surface area contributed by atoms with Crippen molar-refractivity contribution in [1.29, 1.82) is 0 Å². The first-order chi connectivity index (χ1) is 13.5. The number of aromatic nitrogens is 2. The van der Waals surface area contributed by atoms with Crippen LogP contribution >= 0.6 is 11.6 Å². The average Bonchev–Trinajstić information content (AvgIpc) is 3.12. The lowest BCUT2D eigenvalue weighted by molar-refractivity contribution is 0.0651. The van der Waals surface area contributed by atoms with Gasteiger partial charge in [-0.15, -0.1) is 0 Å². The second-order valence-electron chi connectivity index (χ2n) is 6.90. The second-order valence-corrected chi connectivity index (χ2v) is 7.34. The van der Waals surface area contributed by atoms with Crippen LogP contribution < -0.4 is 5.73 Å². The lowest BCUT2D eigenvalue weighted by Gasteiger charge is -2.31. The van der Waals surface area contributed by atoms with Crippen molar-refractivity contribution in [3.8, 4) is 11.3 Å². The molecule has 28 heavy (non-hydrogen) atoms. The largest absolute Gasteiger partial charge is 0.398 e. The Balaban J connectivity index is 1.63. The summed E-state index contributed by atoms with van der Waals surface area (Å²) in [5.41, 5.74) is 10.1. The van der Waals surface area contributed by atoms with Gasteiger partial charge in [0.1, 0.15) is 5.69 Å². The van der Waals surface area contributed by atoms with Crippen molar-refractivity contribution in [3.63, 3.8) is 0 Å². The number of halogens is 1. The summed E-state index contributed by atoms with van der Waals surface area (Å²) in [5, 5.41) is 5.18. The van der Waals surface area contributed by atoms with E-state index in [4.69, 9.17) is 23.9 Å². The minimum absolute atomic E-state index is 0.0393. The van der Waals surface area contributed by atoms with Crippen molar-refractivity contribution >= 4 is 28.9 Å². The Morgan fingerprint density at radius 3 is 2.68 bits per heavy atom. The van der Waals surface area contributed by atoms with Gasteiger partial charge in [0.2, 0.25) is 0 Å². The van der Waals surface area contributed by atoms with E-state index in [9.17, 15) is 4.79 Å². The Morgan fingerprint density at radius 1 is 1.25 bits per heavy atom. The molecule has 0 fully saturated rings. The summed E-state index contributed by atoms with van der Waals surface area (Å²) in [6, 6.07) is 14.4. The van der Waals surface area contributed by atoms with E-state index in [1.165, 1.54) is 0 Å². The number of anilines is 1. The molecule has 0 aliphatic carbocycles. The van der Waals surface area contributed by atoms with Gasteiger partial charge in [0.25, 0.3) is 5.91 Å². The van der Waals surface area contributed by atoms with Gasteiger partial charge in [-0.25, -0.2) is 4.85 Å². The molecule has 7 heteroatoms. The van der Waals surface area contributed by atoms with Crippen LogP contribution in [0.15, 0.2) is 48.5 Å². The molecular weight excluding hydrogens is 374 g/mol. The van der Waals surface area contributed by atoms with E-state index in [0.29, 0.717) is 40.9 Å². The number of nitrogens with zero attached hydrogens (tertiary/aromatic N) is 4. The van der Waals surface area contributed by atoms with Crippen LogP contribution in [0, 0.1) is 6.57 Å². The summed E-state index contributed by atoms with van der Waals surface area (Å²) < 4.78 is 1.77. The molecule has 3 aromatic rings. The molecule has 1 aliphatic heterocycles. The van der Waals surface area contributed by atoms with Crippen LogP contribution in [0.2, 0.25) is 5.02 Å². The summed E-state index contributed by atoms with van der Waals surface area (Å²) in [6.45, 7) is 10.1. The van der Waals surface area contributed by atoms with Crippen LogP contribution in [-0.2, 0) is 6.54 Å². The molecule has 2 aromatic carbocycles. The van der Waals surface area contributed by atoms with Gasteiger partial charge in [-0.1, -0.05) is 35.9 Å². The Labute approximate surface area is 168 Å². The molecule has 2 heterocycles. The zero-order chi connectivity index (χ0) is 19.8. The SMILES string of the molecule is [C-]#[N+]c1ccc(CN2C[C@H](C)n3nc(-c4ccc(Cl)cc4N)cc3C2=O)cc1. The number of benzene rings is 2. The number of fused-ring (bicyclic) bond motifs is 1. The molecule has 0 saturated heterocycles. The van der Waals surface area contributed by atoms with Crippen molar-refractivity contribution < 1.29 is 4.79 Å². The van der Waals surface area contributed by atoms with E-state index < -0.39 is 0 Å². The number of carbonyl (C=O) groups is 1. The van der Waals surface area contributed by atoms with Gasteiger partial charge in [0, 0.05) is 29.4 Å². The monoisotopic (exact) mass is 391 g/mol. The maximum atomic E-state index is 13.0. The first-order valence-electron chi connectivity index (χ1n) is 8.87. The normalized spacial score (nSPS) is 16.0. The fraction of sp³-hybridized carbons (Fsp3) is 0.190. The Hall–Kier alpha value is -3.30. The lowest BCUT2D eigenvalue weighted by atomic mass is 10.1. The van der Waals surface area contributed by atoms with E-state index >= 15 is 0 Å². The van der Waals surface area contributed by atoms with Gasteiger partial charge in [0.05, 0.1) is 18.3 Å².